The summed E-state index contributed by atoms with van der Waals surface area (Å²) in [6.07, 6.45) is -0.0668. The molecule has 0 aliphatic carbocycles. The van der Waals surface area contributed by atoms with Crippen molar-refractivity contribution < 1.29 is 38.4 Å². The highest BCUT2D eigenvalue weighted by molar-refractivity contribution is 6.46. The third-order valence-electron chi connectivity index (χ3n) is 5.75. The lowest BCUT2D eigenvalue weighted by Gasteiger charge is -2.27. The molecule has 1 aliphatic heterocycles. The van der Waals surface area contributed by atoms with Gasteiger partial charge in [0.1, 0.15) is 11.5 Å². The van der Waals surface area contributed by atoms with Gasteiger partial charge in [0, 0.05) is 12.1 Å². The summed E-state index contributed by atoms with van der Waals surface area (Å²) < 4.78 is 27.2. The van der Waals surface area contributed by atoms with Gasteiger partial charge in [0.15, 0.2) is 11.5 Å². The minimum absolute atomic E-state index is 0.0668. The Balaban J connectivity index is 2.23. The molecular weight excluding hydrogens is 490 g/mol. The third kappa shape index (κ3) is 5.22. The molecule has 1 aliphatic rings. The van der Waals surface area contributed by atoms with Gasteiger partial charge in [0.2, 0.25) is 5.75 Å². The SMILES string of the molecule is COc1ccc(/C(O)=C2\C(=O)C(=O)N(CCOC(C)C)C2c2cc(OC)c(OC)c(OC)c2)cc1Cl. The first kappa shape index (κ1) is 27.2. The van der Waals surface area contributed by atoms with Crippen molar-refractivity contribution in [3.63, 3.8) is 0 Å². The van der Waals surface area contributed by atoms with E-state index in [1.54, 1.807) is 24.3 Å². The number of amides is 1. The smallest absolute Gasteiger partial charge is 0.295 e. The number of halogens is 1. The van der Waals surface area contributed by atoms with Crippen molar-refractivity contribution in [3.8, 4) is 23.0 Å². The lowest BCUT2D eigenvalue weighted by Crippen LogP contribution is -2.33. The number of hydrogen-bond donors (Lipinski definition) is 1. The first-order valence-electron chi connectivity index (χ1n) is 11.2. The van der Waals surface area contributed by atoms with Gasteiger partial charge in [-0.2, -0.15) is 0 Å². The highest BCUT2D eigenvalue weighted by atomic mass is 35.5. The standard InChI is InChI=1S/C26H30ClNO8/c1-14(2)36-10-9-28-22(16-12-19(33-4)25(35-6)20(13-16)34-5)21(24(30)26(28)31)23(29)15-7-8-18(32-3)17(27)11-15/h7-8,11-14,22,29H,9-10H2,1-6H3/b23-21+. The van der Waals surface area contributed by atoms with Gasteiger partial charge in [-0.15, -0.1) is 0 Å². The lowest BCUT2D eigenvalue weighted by molar-refractivity contribution is -0.140. The summed E-state index contributed by atoms with van der Waals surface area (Å²) in [7, 11) is 5.88. The number of benzene rings is 2. The van der Waals surface area contributed by atoms with Gasteiger partial charge in [-0.05, 0) is 49.7 Å². The van der Waals surface area contributed by atoms with Gasteiger partial charge >= 0.3 is 0 Å². The van der Waals surface area contributed by atoms with E-state index in [1.807, 2.05) is 13.8 Å². The van der Waals surface area contributed by atoms with Crippen LogP contribution in [0, 0.1) is 0 Å². The fraction of sp³-hybridized carbons (Fsp3) is 0.385. The molecule has 0 saturated carbocycles. The van der Waals surface area contributed by atoms with Crippen LogP contribution in [0.3, 0.4) is 0 Å². The first-order chi connectivity index (χ1) is 17.2. The minimum atomic E-state index is -0.949. The quantitative estimate of drug-likeness (QED) is 0.283. The molecular formula is C26H30ClNO8. The first-order valence-corrected chi connectivity index (χ1v) is 11.6. The molecule has 0 spiro atoms. The normalized spacial score (nSPS) is 17.0. The van der Waals surface area contributed by atoms with E-state index >= 15 is 0 Å². The van der Waals surface area contributed by atoms with E-state index in [1.165, 1.54) is 39.4 Å². The molecule has 0 aromatic heterocycles. The fourth-order valence-corrected chi connectivity index (χ4v) is 4.33. The topological polar surface area (TPSA) is 104 Å². The Morgan fingerprint density at radius 1 is 0.972 bits per heavy atom. The van der Waals surface area contributed by atoms with E-state index in [2.05, 4.69) is 0 Å². The van der Waals surface area contributed by atoms with E-state index in [-0.39, 0.29) is 41.2 Å². The second-order valence-corrected chi connectivity index (χ2v) is 8.63. The molecule has 10 heteroatoms. The maximum atomic E-state index is 13.3. The van der Waals surface area contributed by atoms with Crippen molar-refractivity contribution in [2.75, 3.05) is 41.6 Å². The van der Waals surface area contributed by atoms with Crippen molar-refractivity contribution in [2.45, 2.75) is 26.0 Å². The van der Waals surface area contributed by atoms with Crippen LogP contribution in [0.1, 0.15) is 31.0 Å². The summed E-state index contributed by atoms with van der Waals surface area (Å²) in [5.74, 6) is -0.535. The maximum Gasteiger partial charge on any atom is 0.295 e. The highest BCUT2D eigenvalue weighted by Crippen LogP contribution is 2.46. The van der Waals surface area contributed by atoms with Crippen LogP contribution in [0.2, 0.25) is 5.02 Å². The van der Waals surface area contributed by atoms with Crippen LogP contribution in [-0.2, 0) is 14.3 Å². The molecule has 1 N–H and O–H groups in total. The molecule has 1 saturated heterocycles. The van der Waals surface area contributed by atoms with E-state index in [9.17, 15) is 14.7 Å². The molecule has 0 radical (unpaired) electrons. The summed E-state index contributed by atoms with van der Waals surface area (Å²) >= 11 is 6.25. The zero-order chi connectivity index (χ0) is 26.6. The van der Waals surface area contributed by atoms with Crippen molar-refractivity contribution in [3.05, 3.63) is 52.1 Å². The maximum absolute atomic E-state index is 13.3. The number of Topliss-reactive ketones (excluding diaryl/α,β-unsaturated/α-hetero) is 1. The van der Waals surface area contributed by atoms with Crippen LogP contribution in [0.5, 0.6) is 23.0 Å². The number of aliphatic hydroxyl groups is 1. The molecule has 1 amide bonds. The third-order valence-corrected chi connectivity index (χ3v) is 6.05. The zero-order valence-electron chi connectivity index (χ0n) is 21.1. The molecule has 194 valence electrons. The number of ketones is 1. The summed E-state index contributed by atoms with van der Waals surface area (Å²) in [5, 5.41) is 11.5. The largest absolute Gasteiger partial charge is 0.507 e. The molecule has 1 fully saturated rings. The second kappa shape index (κ2) is 11.5. The van der Waals surface area contributed by atoms with E-state index in [0.717, 1.165) is 0 Å². The van der Waals surface area contributed by atoms with E-state index < -0.39 is 17.7 Å². The molecule has 9 nitrogen and oxygen atoms in total. The van der Waals surface area contributed by atoms with E-state index in [0.29, 0.717) is 28.6 Å². The summed E-state index contributed by atoms with van der Waals surface area (Å²) in [4.78, 5) is 27.8. The number of likely N-dealkylation sites (tertiary alicyclic amines) is 1. The molecule has 2 aromatic carbocycles. The van der Waals surface area contributed by atoms with Crippen molar-refractivity contribution >= 4 is 29.1 Å². The average molecular weight is 520 g/mol. The Labute approximate surface area is 215 Å². The number of rotatable bonds is 10. The molecule has 1 heterocycles. The van der Waals surface area contributed by atoms with Gasteiger partial charge in [-0.1, -0.05) is 11.6 Å². The van der Waals surface area contributed by atoms with Crippen LogP contribution in [-0.4, -0.2) is 69.4 Å². The number of aliphatic hydroxyl groups excluding tert-OH is 1. The second-order valence-electron chi connectivity index (χ2n) is 8.22. The van der Waals surface area contributed by atoms with Gasteiger partial charge in [-0.3, -0.25) is 9.59 Å². The van der Waals surface area contributed by atoms with Crippen molar-refractivity contribution in [1.82, 2.24) is 4.90 Å². The Morgan fingerprint density at radius 2 is 1.58 bits per heavy atom. The van der Waals surface area contributed by atoms with Gasteiger partial charge < -0.3 is 33.7 Å². The van der Waals surface area contributed by atoms with Gasteiger partial charge in [-0.25, -0.2) is 0 Å². The zero-order valence-corrected chi connectivity index (χ0v) is 21.8. The highest BCUT2D eigenvalue weighted by Gasteiger charge is 2.46. The van der Waals surface area contributed by atoms with Gasteiger partial charge in [0.25, 0.3) is 11.7 Å². The number of nitrogens with zero attached hydrogens (tertiary/aromatic N) is 1. The van der Waals surface area contributed by atoms with Crippen LogP contribution in [0.4, 0.5) is 0 Å². The molecule has 0 bridgehead atoms. The predicted octanol–water partition coefficient (Wildman–Crippen LogP) is 4.22. The number of methoxy groups -OCH3 is 4. The predicted molar refractivity (Wildman–Crippen MR) is 134 cm³/mol. The molecule has 1 atom stereocenters. The van der Waals surface area contributed by atoms with E-state index in [4.69, 9.17) is 35.3 Å². The van der Waals surface area contributed by atoms with Crippen LogP contribution < -0.4 is 18.9 Å². The van der Waals surface area contributed by atoms with Crippen LogP contribution in [0.25, 0.3) is 5.76 Å². The monoisotopic (exact) mass is 519 g/mol. The number of ether oxygens (including phenoxy) is 5. The Hall–Kier alpha value is -3.43. The Bertz CT molecular complexity index is 1150. The number of carbonyl (C=O) groups is 2. The molecule has 3 rings (SSSR count). The molecule has 36 heavy (non-hydrogen) atoms. The number of hydrogen-bond acceptors (Lipinski definition) is 8. The Morgan fingerprint density at radius 3 is 2.08 bits per heavy atom. The van der Waals surface area contributed by atoms with Crippen molar-refractivity contribution in [1.29, 1.82) is 0 Å². The van der Waals surface area contributed by atoms with Gasteiger partial charge in [0.05, 0.1) is 57.8 Å². The molecule has 1 unspecified atom stereocenters. The Kier molecular flexibility index (Phi) is 8.70. The van der Waals surface area contributed by atoms with Crippen LogP contribution >= 0.6 is 11.6 Å². The average Bonchev–Trinajstić information content (AvgIpc) is 3.12. The summed E-state index contributed by atoms with van der Waals surface area (Å²) in [5.41, 5.74) is 0.643. The van der Waals surface area contributed by atoms with Crippen LogP contribution in [0.15, 0.2) is 35.9 Å². The van der Waals surface area contributed by atoms with Crippen molar-refractivity contribution in [2.24, 2.45) is 0 Å². The molecule has 2 aromatic rings. The lowest BCUT2D eigenvalue weighted by atomic mass is 9.94. The fourth-order valence-electron chi connectivity index (χ4n) is 4.07. The number of carbonyl (C=O) groups excluding carboxylic acids is 2. The summed E-state index contributed by atoms with van der Waals surface area (Å²) in [6.45, 7) is 4.06. The minimum Gasteiger partial charge on any atom is -0.507 e. The summed E-state index contributed by atoms with van der Waals surface area (Å²) in [6, 6.07) is 6.93.